The average molecular weight is 431 g/mol. The Balaban J connectivity index is 1.89. The van der Waals surface area contributed by atoms with E-state index >= 15 is 0 Å². The minimum absolute atomic E-state index is 0.0548. The van der Waals surface area contributed by atoms with Gasteiger partial charge in [0, 0.05) is 16.9 Å². The lowest BCUT2D eigenvalue weighted by atomic mass is 10.2. The van der Waals surface area contributed by atoms with E-state index in [9.17, 15) is 18.0 Å². The minimum Gasteiger partial charge on any atom is -0.298 e. The number of alkyl halides is 2. The van der Waals surface area contributed by atoms with Gasteiger partial charge in [0.2, 0.25) is 0 Å². The number of anilines is 1. The van der Waals surface area contributed by atoms with Crippen molar-refractivity contribution in [1.29, 1.82) is 0 Å². The summed E-state index contributed by atoms with van der Waals surface area (Å²) in [4.78, 5) is 20.7. The molecule has 0 saturated heterocycles. The van der Waals surface area contributed by atoms with Crippen molar-refractivity contribution in [2.24, 2.45) is 0 Å². The number of nitrogens with one attached hydrogen (secondary N) is 1. The van der Waals surface area contributed by atoms with Crippen LogP contribution in [0.2, 0.25) is 0 Å². The fraction of sp³-hybridized carbons (Fsp3) is 0.133. The first-order valence-electron chi connectivity index (χ1n) is 6.92. The normalized spacial score (nSPS) is 11.1. The molecule has 0 radical (unpaired) electrons. The van der Waals surface area contributed by atoms with E-state index in [0.717, 1.165) is 23.6 Å². The number of imidazole rings is 1. The molecule has 0 spiro atoms. The highest BCUT2D eigenvalue weighted by Gasteiger charge is 2.20. The summed E-state index contributed by atoms with van der Waals surface area (Å²) in [5.41, 5.74) is 0.279. The van der Waals surface area contributed by atoms with E-state index in [0.29, 0.717) is 19.6 Å². The van der Waals surface area contributed by atoms with Crippen LogP contribution in [0, 0.1) is 12.7 Å². The zero-order chi connectivity index (χ0) is 18.1. The summed E-state index contributed by atoms with van der Waals surface area (Å²) < 4.78 is 41.0. The van der Waals surface area contributed by atoms with Gasteiger partial charge in [0.15, 0.2) is 11.0 Å². The standard InChI is InChI=1S/C15H10BrF3N4OS/c1-7-11(12-20-4-5-23(12)14(18)19)25-15(21-7)22-13(24)9-6-8(16)2-3-10(9)17/h2-6,14H,1H3,(H,21,22,24). The number of carbonyl (C=O) groups is 1. The van der Waals surface area contributed by atoms with Crippen LogP contribution in [-0.2, 0) is 0 Å². The highest BCUT2D eigenvalue weighted by atomic mass is 79.9. The van der Waals surface area contributed by atoms with Crippen molar-refractivity contribution in [3.8, 4) is 10.7 Å². The second kappa shape index (κ2) is 6.96. The number of rotatable bonds is 4. The predicted molar refractivity (Wildman–Crippen MR) is 91.4 cm³/mol. The maximum Gasteiger partial charge on any atom is 0.320 e. The van der Waals surface area contributed by atoms with Gasteiger partial charge < -0.3 is 0 Å². The van der Waals surface area contributed by atoms with Gasteiger partial charge in [-0.05, 0) is 25.1 Å². The number of hydrogen-bond donors (Lipinski definition) is 1. The van der Waals surface area contributed by atoms with E-state index in [1.807, 2.05) is 0 Å². The molecule has 25 heavy (non-hydrogen) atoms. The summed E-state index contributed by atoms with van der Waals surface area (Å²) in [5, 5.41) is 2.65. The van der Waals surface area contributed by atoms with E-state index in [2.05, 4.69) is 31.2 Å². The quantitative estimate of drug-likeness (QED) is 0.642. The van der Waals surface area contributed by atoms with Crippen LogP contribution in [0.4, 0.5) is 18.3 Å². The van der Waals surface area contributed by atoms with Gasteiger partial charge in [0.25, 0.3) is 5.91 Å². The lowest BCUT2D eigenvalue weighted by Crippen LogP contribution is -2.13. The number of carbonyl (C=O) groups excluding carboxylic acids is 1. The van der Waals surface area contributed by atoms with Gasteiger partial charge in [-0.15, -0.1) is 0 Å². The fourth-order valence-electron chi connectivity index (χ4n) is 2.14. The van der Waals surface area contributed by atoms with Crippen molar-refractivity contribution in [2.75, 3.05) is 5.32 Å². The van der Waals surface area contributed by atoms with Gasteiger partial charge in [0.05, 0.1) is 16.1 Å². The molecule has 0 atom stereocenters. The fourth-order valence-corrected chi connectivity index (χ4v) is 3.46. The molecule has 130 valence electrons. The monoisotopic (exact) mass is 430 g/mol. The molecule has 2 aromatic heterocycles. The van der Waals surface area contributed by atoms with Crippen LogP contribution >= 0.6 is 27.3 Å². The van der Waals surface area contributed by atoms with Gasteiger partial charge in [-0.2, -0.15) is 8.78 Å². The number of aromatic nitrogens is 3. The summed E-state index contributed by atoms with van der Waals surface area (Å²) in [6, 6.07) is 3.98. The molecule has 5 nitrogen and oxygen atoms in total. The van der Waals surface area contributed by atoms with Crippen molar-refractivity contribution in [2.45, 2.75) is 13.5 Å². The molecule has 0 fully saturated rings. The van der Waals surface area contributed by atoms with E-state index in [4.69, 9.17) is 0 Å². The first kappa shape index (κ1) is 17.6. The van der Waals surface area contributed by atoms with Gasteiger partial charge in [-0.3, -0.25) is 14.7 Å². The molecular weight excluding hydrogens is 421 g/mol. The van der Waals surface area contributed by atoms with Crippen molar-refractivity contribution < 1.29 is 18.0 Å². The molecule has 1 aromatic carbocycles. The van der Waals surface area contributed by atoms with Crippen LogP contribution in [-0.4, -0.2) is 20.4 Å². The third-order valence-corrected chi connectivity index (χ3v) is 4.83. The van der Waals surface area contributed by atoms with Crippen molar-refractivity contribution in [1.82, 2.24) is 14.5 Å². The number of aryl methyl sites for hydroxylation is 1. The van der Waals surface area contributed by atoms with Gasteiger partial charge >= 0.3 is 6.55 Å². The minimum atomic E-state index is -2.74. The summed E-state index contributed by atoms with van der Waals surface area (Å²) in [5.74, 6) is -1.31. The van der Waals surface area contributed by atoms with Crippen LogP contribution in [0.5, 0.6) is 0 Å². The molecule has 3 rings (SSSR count). The summed E-state index contributed by atoms with van der Waals surface area (Å²) >= 11 is 4.16. The first-order chi connectivity index (χ1) is 11.9. The Morgan fingerprint density at radius 2 is 2.16 bits per heavy atom. The van der Waals surface area contributed by atoms with Crippen LogP contribution in [0.1, 0.15) is 22.6 Å². The van der Waals surface area contributed by atoms with Crippen LogP contribution in [0.3, 0.4) is 0 Å². The number of amides is 1. The number of thiazole rings is 1. The highest BCUT2D eigenvalue weighted by Crippen LogP contribution is 2.33. The van der Waals surface area contributed by atoms with Crippen molar-refractivity contribution in [3.63, 3.8) is 0 Å². The predicted octanol–water partition coefficient (Wildman–Crippen LogP) is 4.86. The maximum atomic E-state index is 13.8. The molecule has 0 unspecified atom stereocenters. The molecule has 3 aromatic rings. The third-order valence-electron chi connectivity index (χ3n) is 3.27. The SMILES string of the molecule is Cc1nc(NC(=O)c2cc(Br)ccc2F)sc1-c1nccn1C(F)F. The number of nitrogens with zero attached hydrogens (tertiary/aromatic N) is 3. The molecule has 2 heterocycles. The van der Waals surface area contributed by atoms with Gasteiger partial charge in [-0.25, -0.2) is 14.4 Å². The lowest BCUT2D eigenvalue weighted by molar-refractivity contribution is 0.0720. The Labute approximate surface area is 152 Å². The number of benzene rings is 1. The zero-order valence-electron chi connectivity index (χ0n) is 12.6. The Morgan fingerprint density at radius 3 is 2.88 bits per heavy atom. The molecular formula is C15H10BrF3N4OS. The van der Waals surface area contributed by atoms with Crippen molar-refractivity contribution in [3.05, 3.63) is 52.1 Å². The van der Waals surface area contributed by atoms with Gasteiger partial charge in [0.1, 0.15) is 5.82 Å². The largest absolute Gasteiger partial charge is 0.320 e. The Morgan fingerprint density at radius 1 is 1.40 bits per heavy atom. The Hall–Kier alpha value is -2.20. The van der Waals surface area contributed by atoms with Gasteiger partial charge in [-0.1, -0.05) is 27.3 Å². The van der Waals surface area contributed by atoms with Crippen molar-refractivity contribution >= 4 is 38.3 Å². The zero-order valence-corrected chi connectivity index (χ0v) is 15.0. The smallest absolute Gasteiger partial charge is 0.298 e. The molecule has 1 amide bonds. The molecule has 0 bridgehead atoms. The summed E-state index contributed by atoms with van der Waals surface area (Å²) in [6.07, 6.45) is 2.42. The molecule has 0 saturated carbocycles. The third kappa shape index (κ3) is 3.59. The summed E-state index contributed by atoms with van der Waals surface area (Å²) in [7, 11) is 0. The summed E-state index contributed by atoms with van der Waals surface area (Å²) in [6.45, 7) is -1.13. The molecule has 0 aliphatic heterocycles. The second-order valence-corrected chi connectivity index (χ2v) is 6.86. The second-order valence-electron chi connectivity index (χ2n) is 4.95. The van der Waals surface area contributed by atoms with Crippen LogP contribution in [0.15, 0.2) is 35.1 Å². The Bertz CT molecular complexity index is 941. The highest BCUT2D eigenvalue weighted by molar-refractivity contribution is 9.10. The van der Waals surface area contributed by atoms with Crippen LogP contribution < -0.4 is 5.32 Å². The maximum absolute atomic E-state index is 13.8. The van der Waals surface area contributed by atoms with E-state index in [-0.39, 0.29) is 16.5 Å². The van der Waals surface area contributed by atoms with E-state index in [1.54, 1.807) is 6.92 Å². The average Bonchev–Trinajstić information content (AvgIpc) is 3.16. The van der Waals surface area contributed by atoms with E-state index < -0.39 is 18.3 Å². The molecule has 0 aliphatic carbocycles. The molecule has 1 N–H and O–H groups in total. The van der Waals surface area contributed by atoms with E-state index in [1.165, 1.54) is 18.3 Å². The lowest BCUT2D eigenvalue weighted by Gasteiger charge is -2.04. The topological polar surface area (TPSA) is 59.8 Å². The first-order valence-corrected chi connectivity index (χ1v) is 8.53. The Kier molecular flexibility index (Phi) is 4.91. The molecule has 10 heteroatoms. The van der Waals surface area contributed by atoms with Crippen LogP contribution in [0.25, 0.3) is 10.7 Å². The number of hydrogen-bond acceptors (Lipinski definition) is 4. The molecule has 0 aliphatic rings. The number of halogens is 4.